The minimum Gasteiger partial charge on any atom is -0.354 e. The van der Waals surface area contributed by atoms with Gasteiger partial charge in [-0.05, 0) is 52.9 Å². The molecule has 1 saturated heterocycles. The largest absolute Gasteiger partial charge is 0.354 e. The number of piperidine rings is 1. The van der Waals surface area contributed by atoms with Gasteiger partial charge in [-0.1, -0.05) is 13.0 Å². The minimum absolute atomic E-state index is 0. The van der Waals surface area contributed by atoms with Gasteiger partial charge in [-0.2, -0.15) is 0 Å². The fourth-order valence-electron chi connectivity index (χ4n) is 2.89. The zero-order valence-electron chi connectivity index (χ0n) is 15.5. The lowest BCUT2D eigenvalue weighted by molar-refractivity contribution is 0.306. The van der Waals surface area contributed by atoms with Crippen molar-refractivity contribution in [1.29, 1.82) is 0 Å². The summed E-state index contributed by atoms with van der Waals surface area (Å²) in [6.45, 7) is 3.37. The molecule has 0 bridgehead atoms. The maximum Gasteiger partial charge on any atom is 0.214 e. The molecule has 2 rings (SSSR count). The average Bonchev–Trinajstić information content (AvgIpc) is 2.61. The third kappa shape index (κ3) is 7.47. The van der Waals surface area contributed by atoms with Crippen LogP contribution < -0.4 is 10.6 Å². The van der Waals surface area contributed by atoms with Crippen molar-refractivity contribution in [1.82, 2.24) is 14.9 Å². The third-order valence-corrected chi connectivity index (χ3v) is 7.04. The second-order valence-corrected chi connectivity index (χ2v) is 9.25. The fraction of sp³-hybridized carbons (Fsp3) is 0.588. The molecule has 0 radical (unpaired) electrons. The fourth-order valence-corrected chi connectivity index (χ4v) is 4.68. The molecule has 1 fully saturated rings. The van der Waals surface area contributed by atoms with E-state index in [0.29, 0.717) is 36.5 Å². The van der Waals surface area contributed by atoms with Crippen molar-refractivity contribution in [3.8, 4) is 0 Å². The summed E-state index contributed by atoms with van der Waals surface area (Å²) in [5, 5.41) is 6.49. The molecule has 154 valence electrons. The van der Waals surface area contributed by atoms with Gasteiger partial charge in [0.05, 0.1) is 10.2 Å². The Kier molecular flexibility index (Phi) is 10.5. The molecule has 6 nitrogen and oxygen atoms in total. The Labute approximate surface area is 186 Å². The SMILES string of the molecule is CCCS(=O)(=O)N1CCC(NC(=NC)NCc2ccc(Br)c(F)c2)CC1.I. The van der Waals surface area contributed by atoms with Crippen LogP contribution in [0.4, 0.5) is 4.39 Å². The van der Waals surface area contributed by atoms with Crippen LogP contribution in [0.3, 0.4) is 0 Å². The van der Waals surface area contributed by atoms with E-state index in [0.717, 1.165) is 18.4 Å². The van der Waals surface area contributed by atoms with E-state index < -0.39 is 10.0 Å². The van der Waals surface area contributed by atoms with Crippen LogP contribution in [0.5, 0.6) is 0 Å². The Balaban J connectivity index is 0.00000364. The first kappa shape index (κ1) is 24.6. The minimum atomic E-state index is -3.12. The molecule has 0 atom stereocenters. The van der Waals surface area contributed by atoms with Gasteiger partial charge in [0.2, 0.25) is 10.0 Å². The van der Waals surface area contributed by atoms with Gasteiger partial charge >= 0.3 is 0 Å². The Morgan fingerprint density at radius 1 is 1.37 bits per heavy atom. The summed E-state index contributed by atoms with van der Waals surface area (Å²) in [7, 11) is -1.45. The van der Waals surface area contributed by atoms with Crippen LogP contribution in [-0.4, -0.2) is 50.6 Å². The maximum atomic E-state index is 13.6. The number of rotatable bonds is 6. The van der Waals surface area contributed by atoms with E-state index in [9.17, 15) is 12.8 Å². The second-order valence-electron chi connectivity index (χ2n) is 6.31. The van der Waals surface area contributed by atoms with E-state index in [2.05, 4.69) is 31.6 Å². The van der Waals surface area contributed by atoms with Gasteiger partial charge in [0, 0.05) is 32.7 Å². The Hall–Kier alpha value is -0.460. The standard InChI is InChI=1S/C17H26BrFN4O2S.HI/c1-3-10-26(24,25)23-8-6-14(7-9-23)22-17(20-2)21-12-13-4-5-15(18)16(19)11-13;/h4-5,11,14H,3,6-10,12H2,1-2H3,(H2,20,21,22);1H. The highest BCUT2D eigenvalue weighted by molar-refractivity contribution is 14.0. The van der Waals surface area contributed by atoms with Gasteiger partial charge < -0.3 is 10.6 Å². The predicted octanol–water partition coefficient (Wildman–Crippen LogP) is 3.08. The number of sulfonamides is 1. The first-order valence-electron chi connectivity index (χ1n) is 8.74. The molecule has 10 heteroatoms. The summed E-state index contributed by atoms with van der Waals surface area (Å²) < 4.78 is 39.8. The summed E-state index contributed by atoms with van der Waals surface area (Å²) in [5.41, 5.74) is 0.814. The second kappa shape index (κ2) is 11.5. The lowest BCUT2D eigenvalue weighted by Crippen LogP contribution is -2.49. The monoisotopic (exact) mass is 576 g/mol. The van der Waals surface area contributed by atoms with Gasteiger partial charge in [0.25, 0.3) is 0 Å². The lowest BCUT2D eigenvalue weighted by Gasteiger charge is -2.32. The molecule has 1 aromatic rings. The van der Waals surface area contributed by atoms with Gasteiger partial charge in [-0.15, -0.1) is 24.0 Å². The van der Waals surface area contributed by atoms with Crippen LogP contribution in [0.1, 0.15) is 31.7 Å². The molecule has 27 heavy (non-hydrogen) atoms. The van der Waals surface area contributed by atoms with Crippen LogP contribution in [0.2, 0.25) is 0 Å². The number of hydrogen-bond donors (Lipinski definition) is 2. The van der Waals surface area contributed by atoms with Crippen LogP contribution >= 0.6 is 39.9 Å². The molecule has 2 N–H and O–H groups in total. The Morgan fingerprint density at radius 3 is 2.59 bits per heavy atom. The predicted molar refractivity (Wildman–Crippen MR) is 122 cm³/mol. The molecule has 0 spiro atoms. The molecule has 1 aliphatic heterocycles. The molecule has 0 aromatic heterocycles. The third-order valence-electron chi connectivity index (χ3n) is 4.32. The Morgan fingerprint density at radius 2 is 2.04 bits per heavy atom. The summed E-state index contributed by atoms with van der Waals surface area (Å²) >= 11 is 3.14. The number of guanidine groups is 1. The van der Waals surface area contributed by atoms with E-state index in [1.165, 1.54) is 6.07 Å². The van der Waals surface area contributed by atoms with Crippen molar-refractivity contribution in [3.63, 3.8) is 0 Å². The van der Waals surface area contributed by atoms with Crippen molar-refractivity contribution in [2.75, 3.05) is 25.9 Å². The molecule has 0 unspecified atom stereocenters. The molecule has 0 amide bonds. The first-order chi connectivity index (χ1) is 12.4. The average molecular weight is 577 g/mol. The van der Waals surface area contributed by atoms with Gasteiger partial charge in [-0.25, -0.2) is 17.1 Å². The van der Waals surface area contributed by atoms with E-state index in [1.54, 1.807) is 17.4 Å². The molecule has 1 aromatic carbocycles. The number of nitrogens with zero attached hydrogens (tertiary/aromatic N) is 2. The summed E-state index contributed by atoms with van der Waals surface area (Å²) in [4.78, 5) is 4.19. The van der Waals surface area contributed by atoms with E-state index in [-0.39, 0.29) is 41.6 Å². The molecule has 1 heterocycles. The zero-order valence-corrected chi connectivity index (χ0v) is 20.3. The van der Waals surface area contributed by atoms with Crippen LogP contribution in [0, 0.1) is 5.82 Å². The van der Waals surface area contributed by atoms with E-state index in [1.807, 2.05) is 13.0 Å². The molecule has 1 aliphatic rings. The highest BCUT2D eigenvalue weighted by atomic mass is 127. The van der Waals surface area contributed by atoms with Gasteiger partial charge in [-0.3, -0.25) is 4.99 Å². The summed E-state index contributed by atoms with van der Waals surface area (Å²) in [6, 6.07) is 5.15. The zero-order chi connectivity index (χ0) is 19.2. The molecular formula is C17H27BrFIN4O2S. The molecule has 0 saturated carbocycles. The van der Waals surface area contributed by atoms with Crippen molar-refractivity contribution >= 4 is 55.9 Å². The topological polar surface area (TPSA) is 73.8 Å². The summed E-state index contributed by atoms with van der Waals surface area (Å²) in [5.74, 6) is 0.536. The van der Waals surface area contributed by atoms with Crippen molar-refractivity contribution in [2.45, 2.75) is 38.8 Å². The molecular weight excluding hydrogens is 550 g/mol. The lowest BCUT2D eigenvalue weighted by atomic mass is 10.1. The normalized spacial score (nSPS) is 16.7. The Bertz CT molecular complexity index is 740. The van der Waals surface area contributed by atoms with Crippen LogP contribution in [-0.2, 0) is 16.6 Å². The highest BCUT2D eigenvalue weighted by Crippen LogP contribution is 2.17. The number of aliphatic imine (C=N–C) groups is 1. The number of halogens is 3. The van der Waals surface area contributed by atoms with Gasteiger partial charge in [0.1, 0.15) is 5.82 Å². The van der Waals surface area contributed by atoms with Crippen molar-refractivity contribution < 1.29 is 12.8 Å². The van der Waals surface area contributed by atoms with Crippen LogP contribution in [0.25, 0.3) is 0 Å². The summed E-state index contributed by atoms with van der Waals surface area (Å²) in [6.07, 6.45) is 2.10. The van der Waals surface area contributed by atoms with E-state index in [4.69, 9.17) is 0 Å². The van der Waals surface area contributed by atoms with Crippen molar-refractivity contribution in [2.24, 2.45) is 4.99 Å². The van der Waals surface area contributed by atoms with Gasteiger partial charge in [0.15, 0.2) is 5.96 Å². The number of nitrogens with one attached hydrogen (secondary N) is 2. The molecule has 0 aliphatic carbocycles. The highest BCUT2D eigenvalue weighted by Gasteiger charge is 2.27. The van der Waals surface area contributed by atoms with Crippen LogP contribution in [0.15, 0.2) is 27.7 Å². The van der Waals surface area contributed by atoms with Crippen molar-refractivity contribution in [3.05, 3.63) is 34.1 Å². The first-order valence-corrected chi connectivity index (χ1v) is 11.1. The van der Waals surface area contributed by atoms with E-state index >= 15 is 0 Å². The number of benzene rings is 1. The number of hydrogen-bond acceptors (Lipinski definition) is 3. The smallest absolute Gasteiger partial charge is 0.214 e. The maximum absolute atomic E-state index is 13.6. The quantitative estimate of drug-likeness (QED) is 0.310.